The van der Waals surface area contributed by atoms with Gasteiger partial charge in [-0.2, -0.15) is 5.10 Å². The predicted octanol–water partition coefficient (Wildman–Crippen LogP) is 4.39. The van der Waals surface area contributed by atoms with Crippen LogP contribution in [0.1, 0.15) is 42.1 Å². The van der Waals surface area contributed by atoms with E-state index in [2.05, 4.69) is 20.8 Å². The Morgan fingerprint density at radius 3 is 2.77 bits per heavy atom. The highest BCUT2D eigenvalue weighted by atomic mass is 35.5. The number of benzene rings is 2. The maximum atomic E-state index is 12.4. The number of ether oxygens (including phenoxy) is 1. The number of amides is 3. The van der Waals surface area contributed by atoms with Crippen molar-refractivity contribution >= 4 is 46.6 Å². The lowest BCUT2D eigenvalue weighted by Crippen LogP contribution is -2.36. The Labute approximate surface area is 183 Å². The van der Waals surface area contributed by atoms with E-state index in [1.165, 1.54) is 6.21 Å². The van der Waals surface area contributed by atoms with Crippen molar-refractivity contribution in [2.75, 3.05) is 0 Å². The topological polar surface area (TPSA) is 113 Å². The van der Waals surface area contributed by atoms with Crippen molar-refractivity contribution in [1.29, 1.82) is 0 Å². The number of hydrazone groups is 1. The number of aromatic nitrogens is 1. The minimum atomic E-state index is -0.702. The smallest absolute Gasteiger partial charge is 0.345 e. The number of fused-ring (bicyclic) bond motifs is 1. The molecule has 2 aromatic carbocycles. The summed E-state index contributed by atoms with van der Waals surface area (Å²) >= 11 is 6.04. The standard InChI is InChI=1S/C22H21ClN4O4/c1-2-3-8-20(28)26-22(30)27-25-13-14-12-24-19-10-9-15(11-17(14)19)31-21(29)16-6-4-5-7-18(16)23/h4-7,9-13,24H,2-3,8H2,1H3,(H2,26,27,28,30)/b25-13+. The van der Waals surface area contributed by atoms with Gasteiger partial charge in [0.2, 0.25) is 5.91 Å². The fraction of sp³-hybridized carbons (Fsp3) is 0.182. The Hall–Kier alpha value is -3.65. The normalized spacial score (nSPS) is 10.9. The van der Waals surface area contributed by atoms with Gasteiger partial charge in [0.1, 0.15) is 5.75 Å². The van der Waals surface area contributed by atoms with E-state index in [4.69, 9.17) is 16.3 Å². The summed E-state index contributed by atoms with van der Waals surface area (Å²) in [5.74, 6) is -0.590. The summed E-state index contributed by atoms with van der Waals surface area (Å²) in [4.78, 5) is 38.7. The molecule has 3 aromatic rings. The number of nitrogens with one attached hydrogen (secondary N) is 3. The van der Waals surface area contributed by atoms with Crippen LogP contribution < -0.4 is 15.5 Å². The third-order valence-electron chi connectivity index (χ3n) is 4.37. The summed E-state index contributed by atoms with van der Waals surface area (Å²) < 4.78 is 5.43. The molecule has 0 bridgehead atoms. The molecule has 0 saturated heterocycles. The highest BCUT2D eigenvalue weighted by molar-refractivity contribution is 6.33. The second-order valence-corrected chi connectivity index (χ2v) is 7.08. The molecule has 0 radical (unpaired) electrons. The first-order valence-corrected chi connectivity index (χ1v) is 10.1. The molecule has 0 aliphatic rings. The van der Waals surface area contributed by atoms with Crippen LogP contribution in [0.25, 0.3) is 10.9 Å². The van der Waals surface area contributed by atoms with Gasteiger partial charge in [-0.05, 0) is 36.8 Å². The van der Waals surface area contributed by atoms with Crippen LogP contribution in [0.15, 0.2) is 53.8 Å². The number of esters is 1. The van der Waals surface area contributed by atoms with Crippen molar-refractivity contribution < 1.29 is 19.1 Å². The molecule has 8 nitrogen and oxygen atoms in total. The zero-order valence-electron chi connectivity index (χ0n) is 16.8. The van der Waals surface area contributed by atoms with Crippen molar-refractivity contribution in [2.45, 2.75) is 26.2 Å². The van der Waals surface area contributed by atoms with Crippen LogP contribution in [-0.4, -0.2) is 29.1 Å². The number of carbonyl (C=O) groups is 3. The van der Waals surface area contributed by atoms with Crippen LogP contribution in [0.2, 0.25) is 5.02 Å². The Morgan fingerprint density at radius 1 is 1.19 bits per heavy atom. The summed E-state index contributed by atoms with van der Waals surface area (Å²) in [6, 6.07) is 11.0. The summed E-state index contributed by atoms with van der Waals surface area (Å²) in [6.45, 7) is 1.96. The van der Waals surface area contributed by atoms with Gasteiger partial charge >= 0.3 is 12.0 Å². The van der Waals surface area contributed by atoms with Crippen molar-refractivity contribution in [2.24, 2.45) is 5.10 Å². The molecule has 0 spiro atoms. The maximum Gasteiger partial charge on any atom is 0.345 e. The van der Waals surface area contributed by atoms with E-state index in [1.54, 1.807) is 48.7 Å². The van der Waals surface area contributed by atoms with E-state index >= 15 is 0 Å². The molecular weight excluding hydrogens is 420 g/mol. The van der Waals surface area contributed by atoms with Crippen molar-refractivity contribution in [3.8, 4) is 5.75 Å². The van der Waals surface area contributed by atoms with Gasteiger partial charge in [0.15, 0.2) is 0 Å². The highest BCUT2D eigenvalue weighted by Gasteiger charge is 2.13. The number of carbonyl (C=O) groups excluding carboxylic acids is 3. The lowest BCUT2D eigenvalue weighted by Gasteiger charge is -2.06. The minimum absolute atomic E-state index is 0.267. The van der Waals surface area contributed by atoms with E-state index in [-0.39, 0.29) is 17.9 Å². The molecule has 0 aliphatic heterocycles. The minimum Gasteiger partial charge on any atom is -0.423 e. The molecule has 3 rings (SSSR count). The molecule has 0 aliphatic carbocycles. The Bertz CT molecular complexity index is 1140. The molecule has 3 amide bonds. The fourth-order valence-electron chi connectivity index (χ4n) is 2.80. The quantitative estimate of drug-likeness (QED) is 0.219. The summed E-state index contributed by atoms with van der Waals surface area (Å²) in [6.07, 6.45) is 4.98. The van der Waals surface area contributed by atoms with E-state index in [1.807, 2.05) is 6.92 Å². The second-order valence-electron chi connectivity index (χ2n) is 6.67. The van der Waals surface area contributed by atoms with Gasteiger partial charge in [0.05, 0.1) is 16.8 Å². The lowest BCUT2D eigenvalue weighted by molar-refractivity contribution is -0.120. The van der Waals surface area contributed by atoms with E-state index in [0.717, 1.165) is 17.3 Å². The Morgan fingerprint density at radius 2 is 2.00 bits per heavy atom. The lowest BCUT2D eigenvalue weighted by atomic mass is 10.2. The molecule has 1 aromatic heterocycles. The van der Waals surface area contributed by atoms with Crippen LogP contribution in [0.3, 0.4) is 0 Å². The number of unbranched alkanes of at least 4 members (excludes halogenated alkanes) is 1. The third-order valence-corrected chi connectivity index (χ3v) is 4.70. The Kier molecular flexibility index (Phi) is 7.40. The molecule has 0 saturated carbocycles. The number of aromatic amines is 1. The first-order valence-electron chi connectivity index (χ1n) is 9.68. The largest absolute Gasteiger partial charge is 0.423 e. The number of nitrogens with zero attached hydrogens (tertiary/aromatic N) is 1. The number of hydrogen-bond acceptors (Lipinski definition) is 5. The zero-order chi connectivity index (χ0) is 22.2. The monoisotopic (exact) mass is 440 g/mol. The van der Waals surface area contributed by atoms with Gasteiger partial charge in [0, 0.05) is 29.1 Å². The van der Waals surface area contributed by atoms with E-state index in [9.17, 15) is 14.4 Å². The zero-order valence-corrected chi connectivity index (χ0v) is 17.5. The number of H-pyrrole nitrogens is 1. The van der Waals surface area contributed by atoms with Gasteiger partial charge in [-0.3, -0.25) is 10.1 Å². The SMILES string of the molecule is CCCCC(=O)NC(=O)N/N=C/c1c[nH]c2ccc(OC(=O)c3ccccc3Cl)cc12. The summed E-state index contributed by atoms with van der Waals surface area (Å²) in [7, 11) is 0. The van der Waals surface area contributed by atoms with Gasteiger partial charge in [-0.1, -0.05) is 37.1 Å². The molecule has 31 heavy (non-hydrogen) atoms. The van der Waals surface area contributed by atoms with Gasteiger partial charge in [-0.15, -0.1) is 0 Å². The molecule has 9 heteroatoms. The highest BCUT2D eigenvalue weighted by Crippen LogP contribution is 2.24. The van der Waals surface area contributed by atoms with Gasteiger partial charge in [0.25, 0.3) is 0 Å². The summed E-state index contributed by atoms with van der Waals surface area (Å²) in [5.41, 5.74) is 3.97. The van der Waals surface area contributed by atoms with Crippen molar-refractivity contribution in [1.82, 2.24) is 15.7 Å². The molecule has 1 heterocycles. The fourth-order valence-corrected chi connectivity index (χ4v) is 3.01. The van der Waals surface area contributed by atoms with Crippen LogP contribution in [0.4, 0.5) is 4.79 Å². The average molecular weight is 441 g/mol. The number of halogens is 1. The number of urea groups is 1. The average Bonchev–Trinajstić information content (AvgIpc) is 3.14. The molecule has 160 valence electrons. The predicted molar refractivity (Wildman–Crippen MR) is 119 cm³/mol. The van der Waals surface area contributed by atoms with Crippen LogP contribution in [0, 0.1) is 0 Å². The number of hydrogen-bond donors (Lipinski definition) is 3. The van der Waals surface area contributed by atoms with E-state index in [0.29, 0.717) is 22.8 Å². The van der Waals surface area contributed by atoms with Gasteiger partial charge < -0.3 is 9.72 Å². The third kappa shape index (κ3) is 5.93. The van der Waals surface area contributed by atoms with Crippen molar-refractivity contribution in [3.63, 3.8) is 0 Å². The number of rotatable bonds is 7. The molecule has 0 unspecified atom stereocenters. The van der Waals surface area contributed by atoms with Gasteiger partial charge in [-0.25, -0.2) is 15.0 Å². The maximum absolute atomic E-state index is 12.4. The molecule has 0 fully saturated rings. The second kappa shape index (κ2) is 10.4. The molecule has 3 N–H and O–H groups in total. The Balaban J connectivity index is 1.67. The van der Waals surface area contributed by atoms with Crippen LogP contribution >= 0.6 is 11.6 Å². The summed E-state index contributed by atoms with van der Waals surface area (Å²) in [5, 5.41) is 7.10. The molecular formula is C22H21ClN4O4. The first kappa shape index (κ1) is 22.0. The van der Waals surface area contributed by atoms with Crippen LogP contribution in [-0.2, 0) is 4.79 Å². The van der Waals surface area contributed by atoms with Crippen LogP contribution in [0.5, 0.6) is 5.75 Å². The van der Waals surface area contributed by atoms with Crippen molar-refractivity contribution in [3.05, 3.63) is 64.8 Å². The number of imide groups is 1. The molecule has 0 atom stereocenters. The first-order chi connectivity index (χ1) is 15.0. The van der Waals surface area contributed by atoms with E-state index < -0.39 is 12.0 Å².